The van der Waals surface area contributed by atoms with Gasteiger partial charge in [-0.15, -0.1) is 0 Å². The van der Waals surface area contributed by atoms with Crippen molar-refractivity contribution in [3.8, 4) is 34.3 Å². The average molecular weight is 475 g/mol. The summed E-state index contributed by atoms with van der Waals surface area (Å²) >= 11 is 0. The highest BCUT2D eigenvalue weighted by molar-refractivity contribution is 5.95. The zero-order chi connectivity index (χ0) is 24.5. The number of fused-ring (bicyclic) bond motifs is 1. The zero-order valence-corrected chi connectivity index (χ0v) is 18.4. The number of carbonyl (C=O) groups is 1. The van der Waals surface area contributed by atoms with Crippen LogP contribution in [0.5, 0.6) is 5.75 Å². The van der Waals surface area contributed by atoms with E-state index in [0.717, 1.165) is 25.1 Å². The second-order valence-corrected chi connectivity index (χ2v) is 8.12. The van der Waals surface area contributed by atoms with Crippen LogP contribution in [-0.4, -0.2) is 30.2 Å². The Hall–Kier alpha value is -4.29. The van der Waals surface area contributed by atoms with Gasteiger partial charge in [0.1, 0.15) is 35.0 Å². The molecular weight excluding hydrogens is 456 g/mol. The van der Waals surface area contributed by atoms with Gasteiger partial charge in [-0.25, -0.2) is 13.8 Å². The molecule has 0 aliphatic carbocycles. The minimum atomic E-state index is -0.761. The molecule has 0 spiro atoms. The largest absolute Gasteiger partial charge is 0.489 e. The molecule has 1 aliphatic heterocycles. The lowest BCUT2D eigenvalue weighted by Gasteiger charge is -2.23. The highest BCUT2D eigenvalue weighted by atomic mass is 19.1. The molecule has 9 heteroatoms. The topological polar surface area (TPSA) is 111 Å². The fourth-order valence-electron chi connectivity index (χ4n) is 4.07. The molecule has 176 valence electrons. The number of primary amides is 1. The Morgan fingerprint density at radius 3 is 2.63 bits per heavy atom. The van der Waals surface area contributed by atoms with Crippen LogP contribution in [0.3, 0.4) is 0 Å². The highest BCUT2D eigenvalue weighted by Crippen LogP contribution is 2.37. The molecule has 0 atom stereocenters. The van der Waals surface area contributed by atoms with Gasteiger partial charge in [-0.2, -0.15) is 5.26 Å². The molecule has 2 aromatic carbocycles. The molecule has 5 rings (SSSR count). The molecular formula is C26H19F2N3O4. The normalized spacial score (nSPS) is 14.1. The van der Waals surface area contributed by atoms with Gasteiger partial charge in [0.2, 0.25) is 5.91 Å². The van der Waals surface area contributed by atoms with Gasteiger partial charge in [-0.3, -0.25) is 4.79 Å². The minimum absolute atomic E-state index is 0.0133. The third kappa shape index (κ3) is 4.32. The number of amides is 1. The smallest absolute Gasteiger partial charge is 0.248 e. The lowest BCUT2D eigenvalue weighted by molar-refractivity contribution is 0.0254. The summed E-state index contributed by atoms with van der Waals surface area (Å²) in [6, 6.07) is 12.1. The number of halogens is 2. The van der Waals surface area contributed by atoms with Crippen LogP contribution in [0.2, 0.25) is 0 Å². The Kier molecular flexibility index (Phi) is 5.89. The van der Waals surface area contributed by atoms with E-state index in [-0.39, 0.29) is 39.7 Å². The Balaban J connectivity index is 1.55. The molecule has 0 saturated carbocycles. The third-order valence-electron chi connectivity index (χ3n) is 5.87. The second kappa shape index (κ2) is 9.16. The molecule has 1 fully saturated rings. The first-order chi connectivity index (χ1) is 16.9. The van der Waals surface area contributed by atoms with Crippen molar-refractivity contribution in [2.75, 3.05) is 13.2 Å². The molecule has 1 amide bonds. The summed E-state index contributed by atoms with van der Waals surface area (Å²) in [7, 11) is 0. The predicted octanol–water partition coefficient (Wildman–Crippen LogP) is 4.97. The number of pyridine rings is 1. The third-order valence-corrected chi connectivity index (χ3v) is 5.87. The molecule has 7 nitrogen and oxygen atoms in total. The number of nitriles is 1. The van der Waals surface area contributed by atoms with Gasteiger partial charge in [-0.05, 0) is 35.9 Å². The maximum Gasteiger partial charge on any atom is 0.248 e. The molecule has 2 N–H and O–H groups in total. The van der Waals surface area contributed by atoms with Gasteiger partial charge >= 0.3 is 0 Å². The number of hydrogen-bond acceptors (Lipinski definition) is 6. The van der Waals surface area contributed by atoms with E-state index in [1.54, 1.807) is 12.1 Å². The fourth-order valence-corrected chi connectivity index (χ4v) is 4.07. The van der Waals surface area contributed by atoms with Crippen molar-refractivity contribution in [3.05, 3.63) is 71.4 Å². The molecule has 35 heavy (non-hydrogen) atoms. The summed E-state index contributed by atoms with van der Waals surface area (Å²) in [6.07, 6.45) is 2.42. The first kappa shape index (κ1) is 22.5. The number of benzene rings is 2. The lowest BCUT2D eigenvalue weighted by atomic mass is 10.0. The number of hydrogen-bond donors (Lipinski definition) is 1. The van der Waals surface area contributed by atoms with Gasteiger partial charge in [0.15, 0.2) is 11.4 Å². The van der Waals surface area contributed by atoms with Gasteiger partial charge in [0.25, 0.3) is 0 Å². The van der Waals surface area contributed by atoms with E-state index in [2.05, 4.69) is 11.1 Å². The first-order valence-corrected chi connectivity index (χ1v) is 10.9. The van der Waals surface area contributed by atoms with Crippen LogP contribution in [-0.2, 0) is 4.74 Å². The molecule has 2 aromatic heterocycles. The zero-order valence-electron chi connectivity index (χ0n) is 18.4. The van der Waals surface area contributed by atoms with Crippen LogP contribution in [0.25, 0.3) is 33.6 Å². The second-order valence-electron chi connectivity index (χ2n) is 8.12. The number of carbonyl (C=O) groups excluding carboxylic acids is 1. The molecule has 3 heterocycles. The Bertz CT molecular complexity index is 1490. The summed E-state index contributed by atoms with van der Waals surface area (Å²) in [5.74, 6) is -1.63. The maximum absolute atomic E-state index is 15.0. The minimum Gasteiger partial charge on any atom is -0.489 e. The number of ether oxygens (including phenoxy) is 2. The van der Waals surface area contributed by atoms with Gasteiger partial charge in [0, 0.05) is 24.5 Å². The van der Waals surface area contributed by atoms with Crippen molar-refractivity contribution in [1.82, 2.24) is 4.98 Å². The first-order valence-electron chi connectivity index (χ1n) is 10.9. The quantitative estimate of drug-likeness (QED) is 0.436. The van der Waals surface area contributed by atoms with E-state index in [1.165, 1.54) is 24.3 Å². The molecule has 4 aromatic rings. The fraction of sp³-hybridized carbons (Fsp3) is 0.192. The van der Waals surface area contributed by atoms with E-state index in [1.807, 2.05) is 0 Å². The van der Waals surface area contributed by atoms with E-state index in [4.69, 9.17) is 19.6 Å². The van der Waals surface area contributed by atoms with Gasteiger partial charge < -0.3 is 19.6 Å². The molecule has 0 bridgehead atoms. The number of aromatic nitrogens is 1. The van der Waals surface area contributed by atoms with Crippen LogP contribution < -0.4 is 10.5 Å². The maximum atomic E-state index is 15.0. The average Bonchev–Trinajstić information content (AvgIpc) is 3.29. The van der Waals surface area contributed by atoms with Crippen LogP contribution >= 0.6 is 0 Å². The molecule has 1 aliphatic rings. The highest BCUT2D eigenvalue weighted by Gasteiger charge is 2.21. The monoisotopic (exact) mass is 475 g/mol. The summed E-state index contributed by atoms with van der Waals surface area (Å²) in [6.45, 7) is 1.19. The molecule has 1 saturated heterocycles. The van der Waals surface area contributed by atoms with Crippen molar-refractivity contribution in [2.45, 2.75) is 18.9 Å². The summed E-state index contributed by atoms with van der Waals surface area (Å²) in [5, 5.41) is 9.69. The van der Waals surface area contributed by atoms with Gasteiger partial charge in [-0.1, -0.05) is 6.07 Å². The van der Waals surface area contributed by atoms with E-state index in [0.29, 0.717) is 30.0 Å². The van der Waals surface area contributed by atoms with Crippen LogP contribution in [0.15, 0.2) is 53.1 Å². The number of nitrogens with zero attached hydrogens (tertiary/aromatic N) is 2. The van der Waals surface area contributed by atoms with Crippen LogP contribution in [0.1, 0.15) is 28.8 Å². The van der Waals surface area contributed by atoms with Crippen molar-refractivity contribution < 1.29 is 27.5 Å². The number of furan rings is 1. The van der Waals surface area contributed by atoms with Crippen molar-refractivity contribution in [3.63, 3.8) is 0 Å². The Labute approximate surface area is 198 Å². The van der Waals surface area contributed by atoms with Gasteiger partial charge in [0.05, 0.1) is 36.1 Å². The number of rotatable bonds is 5. The molecule has 0 radical (unpaired) electrons. The van der Waals surface area contributed by atoms with E-state index in [9.17, 15) is 18.8 Å². The number of nitrogens with two attached hydrogens (primary N) is 1. The predicted molar refractivity (Wildman–Crippen MR) is 122 cm³/mol. The van der Waals surface area contributed by atoms with E-state index >= 15 is 0 Å². The molecule has 0 unspecified atom stereocenters. The van der Waals surface area contributed by atoms with Crippen molar-refractivity contribution >= 4 is 17.0 Å². The van der Waals surface area contributed by atoms with E-state index < -0.39 is 17.5 Å². The Morgan fingerprint density at radius 1 is 1.11 bits per heavy atom. The van der Waals surface area contributed by atoms with Crippen LogP contribution in [0.4, 0.5) is 8.78 Å². The van der Waals surface area contributed by atoms with Crippen molar-refractivity contribution in [1.29, 1.82) is 5.26 Å². The SMILES string of the molecule is N#Cc1cc(-c2c(F)cnc3cc(-c4ccc(C(N)=O)cc4F)oc23)ccc1OC1CCOCC1. The van der Waals surface area contributed by atoms with Crippen LogP contribution in [0, 0.1) is 23.0 Å². The summed E-state index contributed by atoms with van der Waals surface area (Å²) in [5.41, 5.74) is 6.40. The summed E-state index contributed by atoms with van der Waals surface area (Å²) in [4.78, 5) is 15.4. The standard InChI is InChI=1S/C26H19F2N3O4/c27-19-10-15(26(30)32)1-3-18(19)23-11-21-25(35-23)24(20(28)13-31-21)14-2-4-22(16(9-14)12-29)34-17-5-7-33-8-6-17/h1-4,9-11,13,17H,5-8H2,(H2,30,32). The summed E-state index contributed by atoms with van der Waals surface area (Å²) < 4.78 is 46.8. The van der Waals surface area contributed by atoms with Crippen molar-refractivity contribution in [2.24, 2.45) is 5.73 Å². The lowest BCUT2D eigenvalue weighted by Crippen LogP contribution is -2.26. The Morgan fingerprint density at radius 2 is 1.91 bits per heavy atom.